The van der Waals surface area contributed by atoms with Crippen LogP contribution in [0.1, 0.15) is 25.2 Å². The van der Waals surface area contributed by atoms with Gasteiger partial charge in [0.1, 0.15) is 22.3 Å². The van der Waals surface area contributed by atoms with E-state index in [-0.39, 0.29) is 0 Å². The SMILES string of the molecule is CC(C)(c1nn(-c2ccc3oc4ccccc4c3c2)cc1-c1ccccc1)c1nn(-c2ccc3oc4ccccc4c3c2)cc1-c1ccccc1. The minimum Gasteiger partial charge on any atom is -0.456 e. The highest BCUT2D eigenvalue weighted by atomic mass is 16.3. The fraction of sp³-hybridized carbons (Fsp3) is 0.0667. The number of aromatic nitrogens is 4. The average molecular weight is 661 g/mol. The van der Waals surface area contributed by atoms with E-state index in [4.69, 9.17) is 19.0 Å². The Kier molecular flexibility index (Phi) is 6.42. The van der Waals surface area contributed by atoms with Crippen LogP contribution in [0.3, 0.4) is 0 Å². The maximum atomic E-state index is 6.14. The number of hydrogen-bond acceptors (Lipinski definition) is 4. The topological polar surface area (TPSA) is 61.9 Å². The lowest BCUT2D eigenvalue weighted by molar-refractivity contribution is 0.579. The first-order chi connectivity index (χ1) is 25.0. The summed E-state index contributed by atoms with van der Waals surface area (Å²) in [6.07, 6.45) is 4.29. The van der Waals surface area contributed by atoms with Crippen molar-refractivity contribution in [3.8, 4) is 33.6 Å². The third-order valence-electron chi connectivity index (χ3n) is 10.0. The summed E-state index contributed by atoms with van der Waals surface area (Å²) in [7, 11) is 0. The summed E-state index contributed by atoms with van der Waals surface area (Å²) in [6.45, 7) is 4.45. The van der Waals surface area contributed by atoms with Crippen molar-refractivity contribution in [2.24, 2.45) is 0 Å². The quantitative estimate of drug-likeness (QED) is 0.178. The van der Waals surface area contributed by atoms with E-state index in [2.05, 4.69) is 111 Å². The Hall–Kier alpha value is -6.66. The molecular formula is C45H32N4O2. The molecule has 0 aliphatic carbocycles. The fourth-order valence-corrected chi connectivity index (χ4v) is 7.42. The van der Waals surface area contributed by atoms with Crippen molar-refractivity contribution >= 4 is 43.9 Å². The van der Waals surface area contributed by atoms with E-state index in [1.807, 2.05) is 70.0 Å². The summed E-state index contributed by atoms with van der Waals surface area (Å²) in [6, 6.07) is 49.9. The molecule has 4 heterocycles. The van der Waals surface area contributed by atoms with Gasteiger partial charge in [-0.05, 0) is 73.5 Å². The molecule has 0 atom stereocenters. The van der Waals surface area contributed by atoms with Crippen molar-refractivity contribution in [2.45, 2.75) is 19.3 Å². The molecule has 51 heavy (non-hydrogen) atoms. The van der Waals surface area contributed by atoms with Crippen molar-refractivity contribution in [3.05, 3.63) is 169 Å². The minimum atomic E-state index is -0.605. The van der Waals surface area contributed by atoms with Crippen LogP contribution >= 0.6 is 0 Å². The molecule has 10 aromatic rings. The van der Waals surface area contributed by atoms with Crippen LogP contribution in [0, 0.1) is 0 Å². The lowest BCUT2D eigenvalue weighted by Gasteiger charge is -2.24. The van der Waals surface area contributed by atoms with Gasteiger partial charge in [0.15, 0.2) is 0 Å². The molecule has 10 rings (SSSR count). The highest BCUT2D eigenvalue weighted by molar-refractivity contribution is 6.06. The Morgan fingerprint density at radius 3 is 1.27 bits per heavy atom. The zero-order valence-corrected chi connectivity index (χ0v) is 28.1. The average Bonchev–Trinajstić information content (AvgIpc) is 3.98. The van der Waals surface area contributed by atoms with Crippen molar-refractivity contribution in [1.29, 1.82) is 0 Å². The highest BCUT2D eigenvalue weighted by Gasteiger charge is 2.35. The second-order valence-electron chi connectivity index (χ2n) is 13.6. The Bertz CT molecular complexity index is 2690. The second-order valence-corrected chi connectivity index (χ2v) is 13.6. The van der Waals surface area contributed by atoms with Gasteiger partial charge < -0.3 is 8.83 Å². The van der Waals surface area contributed by atoms with E-state index in [0.29, 0.717) is 0 Å². The van der Waals surface area contributed by atoms with Crippen LogP contribution in [0.15, 0.2) is 167 Å². The van der Waals surface area contributed by atoms with Crippen LogP contribution in [-0.2, 0) is 5.41 Å². The molecule has 0 fully saturated rings. The number of furan rings is 2. The molecule has 0 unspecified atom stereocenters. The van der Waals surface area contributed by atoms with Gasteiger partial charge in [-0.25, -0.2) is 9.36 Å². The smallest absolute Gasteiger partial charge is 0.135 e. The molecule has 0 bridgehead atoms. The molecule has 244 valence electrons. The molecule has 0 saturated carbocycles. The van der Waals surface area contributed by atoms with E-state index in [1.54, 1.807) is 0 Å². The van der Waals surface area contributed by atoms with E-state index in [1.165, 1.54) is 0 Å². The summed E-state index contributed by atoms with van der Waals surface area (Å²) in [5.74, 6) is 0. The van der Waals surface area contributed by atoms with E-state index < -0.39 is 5.41 Å². The molecule has 0 amide bonds. The van der Waals surface area contributed by atoms with Gasteiger partial charge in [0.05, 0.1) is 28.2 Å². The predicted molar refractivity (Wildman–Crippen MR) is 205 cm³/mol. The summed E-state index contributed by atoms with van der Waals surface area (Å²) < 4.78 is 16.3. The molecule has 0 aliphatic heterocycles. The summed E-state index contributed by atoms with van der Waals surface area (Å²) in [4.78, 5) is 0. The molecule has 0 spiro atoms. The third-order valence-corrected chi connectivity index (χ3v) is 10.0. The molecule has 0 N–H and O–H groups in total. The maximum Gasteiger partial charge on any atom is 0.135 e. The predicted octanol–water partition coefficient (Wildman–Crippen LogP) is 11.5. The first-order valence-electron chi connectivity index (χ1n) is 17.2. The number of hydrogen-bond donors (Lipinski definition) is 0. The Labute approximate surface area is 293 Å². The molecule has 0 aliphatic rings. The number of rotatable bonds is 6. The molecule has 0 radical (unpaired) electrons. The normalized spacial score (nSPS) is 12.1. The summed E-state index contributed by atoms with van der Waals surface area (Å²) in [5, 5.41) is 15.1. The van der Waals surface area contributed by atoms with Crippen molar-refractivity contribution < 1.29 is 8.83 Å². The van der Waals surface area contributed by atoms with Crippen LogP contribution < -0.4 is 0 Å². The zero-order valence-electron chi connectivity index (χ0n) is 28.1. The molecule has 0 saturated heterocycles. The van der Waals surface area contributed by atoms with Crippen molar-refractivity contribution in [1.82, 2.24) is 19.6 Å². The third kappa shape index (κ3) is 4.71. The second kappa shape index (κ2) is 11.2. The van der Waals surface area contributed by atoms with Crippen molar-refractivity contribution in [3.63, 3.8) is 0 Å². The van der Waals surface area contributed by atoms with Crippen LogP contribution in [0.4, 0.5) is 0 Å². The van der Waals surface area contributed by atoms with Gasteiger partial charge in [-0.15, -0.1) is 0 Å². The van der Waals surface area contributed by atoms with Gasteiger partial charge in [-0.1, -0.05) is 97.1 Å². The Morgan fingerprint density at radius 2 is 0.824 bits per heavy atom. The summed E-state index contributed by atoms with van der Waals surface area (Å²) >= 11 is 0. The lowest BCUT2D eigenvalue weighted by Crippen LogP contribution is -2.23. The molecule has 6 aromatic carbocycles. The Morgan fingerprint density at radius 1 is 0.431 bits per heavy atom. The molecule has 4 aromatic heterocycles. The number of nitrogens with zero attached hydrogens (tertiary/aromatic N) is 4. The van der Waals surface area contributed by atoms with E-state index >= 15 is 0 Å². The first kappa shape index (κ1) is 29.3. The monoisotopic (exact) mass is 660 g/mol. The van der Waals surface area contributed by atoms with Gasteiger partial charge in [0.25, 0.3) is 0 Å². The van der Waals surface area contributed by atoms with E-state index in [9.17, 15) is 0 Å². The first-order valence-corrected chi connectivity index (χ1v) is 17.2. The van der Waals surface area contributed by atoms with Crippen LogP contribution in [-0.4, -0.2) is 19.6 Å². The molecule has 6 nitrogen and oxygen atoms in total. The van der Waals surface area contributed by atoms with Crippen LogP contribution in [0.5, 0.6) is 0 Å². The molecule has 6 heteroatoms. The summed E-state index contributed by atoms with van der Waals surface area (Å²) in [5.41, 5.74) is 11.0. The highest BCUT2D eigenvalue weighted by Crippen LogP contribution is 2.42. The minimum absolute atomic E-state index is 0.605. The van der Waals surface area contributed by atoms with Gasteiger partial charge in [-0.3, -0.25) is 0 Å². The standard InChI is InChI=1S/C45H32N4O2/c1-45(2,43-37(29-13-5-3-6-14-29)27-48(46-43)31-21-23-41-35(25-31)33-17-9-11-19-39(33)50-41)44-38(30-15-7-4-8-16-30)28-49(47-44)32-22-24-42-36(26-32)34-18-10-12-20-40(34)51-42/h3-28H,1-2H3. The number of fused-ring (bicyclic) bond motifs is 6. The van der Waals surface area contributed by atoms with Gasteiger partial charge in [0, 0.05) is 45.1 Å². The van der Waals surface area contributed by atoms with Gasteiger partial charge >= 0.3 is 0 Å². The Balaban J connectivity index is 1.16. The maximum absolute atomic E-state index is 6.14. The lowest BCUT2D eigenvalue weighted by atomic mass is 9.80. The largest absolute Gasteiger partial charge is 0.456 e. The fourth-order valence-electron chi connectivity index (χ4n) is 7.42. The van der Waals surface area contributed by atoms with Gasteiger partial charge in [0.2, 0.25) is 0 Å². The van der Waals surface area contributed by atoms with E-state index in [0.717, 1.165) is 88.9 Å². The van der Waals surface area contributed by atoms with Crippen LogP contribution in [0.25, 0.3) is 77.5 Å². The number of benzene rings is 6. The zero-order chi connectivity index (χ0) is 34.1. The van der Waals surface area contributed by atoms with Gasteiger partial charge in [-0.2, -0.15) is 10.2 Å². The van der Waals surface area contributed by atoms with Crippen molar-refractivity contribution in [2.75, 3.05) is 0 Å². The molecular weight excluding hydrogens is 629 g/mol. The van der Waals surface area contributed by atoms with Crippen LogP contribution in [0.2, 0.25) is 0 Å². The number of para-hydroxylation sites is 2.